The molecule has 1 aromatic carbocycles. The van der Waals surface area contributed by atoms with Crippen LogP contribution in [0.2, 0.25) is 0 Å². The average Bonchev–Trinajstić information content (AvgIpc) is 3.33. The molecule has 148 valence electrons. The number of benzene rings is 1. The predicted octanol–water partition coefficient (Wildman–Crippen LogP) is 3.63. The number of nitrogens with zero attached hydrogens (tertiary/aromatic N) is 1. The summed E-state index contributed by atoms with van der Waals surface area (Å²) in [5.41, 5.74) is 0.217. The van der Waals surface area contributed by atoms with Gasteiger partial charge in [0.1, 0.15) is 17.4 Å². The number of rotatable bonds is 7. The second-order valence-electron chi connectivity index (χ2n) is 6.17. The van der Waals surface area contributed by atoms with Crippen molar-refractivity contribution in [3.63, 3.8) is 0 Å². The van der Waals surface area contributed by atoms with Gasteiger partial charge in [-0.05, 0) is 43.2 Å². The molecule has 1 unspecified atom stereocenters. The van der Waals surface area contributed by atoms with Gasteiger partial charge < -0.3 is 19.8 Å². The Labute approximate surface area is 174 Å². The van der Waals surface area contributed by atoms with Crippen LogP contribution in [0.15, 0.2) is 46.0 Å². The minimum Gasteiger partial charge on any atom is -0.469 e. The van der Waals surface area contributed by atoms with E-state index in [1.54, 1.807) is 6.26 Å². The number of furan rings is 1. The van der Waals surface area contributed by atoms with Crippen molar-refractivity contribution in [3.8, 4) is 0 Å². The first-order chi connectivity index (χ1) is 12.7. The van der Waals surface area contributed by atoms with E-state index in [0.717, 1.165) is 37.3 Å². The second-order valence-corrected chi connectivity index (χ2v) is 6.17. The molecule has 0 bridgehead atoms. The molecule has 3 rings (SSSR count). The first-order valence-corrected chi connectivity index (χ1v) is 8.81. The van der Waals surface area contributed by atoms with E-state index in [1.807, 2.05) is 12.1 Å². The summed E-state index contributed by atoms with van der Waals surface area (Å²) in [6.45, 7) is 2.05. The van der Waals surface area contributed by atoms with Crippen molar-refractivity contribution >= 4 is 29.9 Å². The van der Waals surface area contributed by atoms with E-state index in [1.165, 1.54) is 6.07 Å². The Morgan fingerprint density at radius 2 is 2.11 bits per heavy atom. The molecule has 0 radical (unpaired) electrons. The Bertz CT molecular complexity index is 720. The van der Waals surface area contributed by atoms with Gasteiger partial charge in [0.15, 0.2) is 5.96 Å². The monoisotopic (exact) mass is 491 g/mol. The lowest BCUT2D eigenvalue weighted by molar-refractivity contribution is 0.114. The Hall–Kier alpha value is -1.68. The van der Waals surface area contributed by atoms with Gasteiger partial charge in [0.05, 0.1) is 18.9 Å². The number of guanidine groups is 1. The lowest BCUT2D eigenvalue weighted by Crippen LogP contribution is -2.41. The molecule has 1 saturated heterocycles. The van der Waals surface area contributed by atoms with Crippen molar-refractivity contribution < 1.29 is 17.9 Å². The van der Waals surface area contributed by atoms with Gasteiger partial charge in [0.2, 0.25) is 0 Å². The molecule has 2 aromatic rings. The smallest absolute Gasteiger partial charge is 0.191 e. The van der Waals surface area contributed by atoms with Gasteiger partial charge >= 0.3 is 0 Å². The van der Waals surface area contributed by atoms with Gasteiger partial charge in [-0.1, -0.05) is 0 Å². The van der Waals surface area contributed by atoms with E-state index >= 15 is 0 Å². The topological polar surface area (TPSA) is 58.8 Å². The van der Waals surface area contributed by atoms with Crippen molar-refractivity contribution in [2.45, 2.75) is 31.9 Å². The molecule has 5 nitrogen and oxygen atoms in total. The molecule has 27 heavy (non-hydrogen) atoms. The quantitative estimate of drug-likeness (QED) is 0.353. The highest BCUT2D eigenvalue weighted by Crippen LogP contribution is 2.12. The number of hydrogen-bond donors (Lipinski definition) is 2. The van der Waals surface area contributed by atoms with Crippen molar-refractivity contribution in [2.75, 3.05) is 19.7 Å². The molecule has 0 saturated carbocycles. The molecule has 1 aliphatic rings. The summed E-state index contributed by atoms with van der Waals surface area (Å²) in [6.07, 6.45) is 4.54. The van der Waals surface area contributed by atoms with Crippen molar-refractivity contribution in [3.05, 3.63) is 59.6 Å². The van der Waals surface area contributed by atoms with Crippen LogP contribution in [0.5, 0.6) is 0 Å². The van der Waals surface area contributed by atoms with Crippen LogP contribution in [0.1, 0.15) is 24.2 Å². The van der Waals surface area contributed by atoms with Crippen molar-refractivity contribution in [1.82, 2.24) is 10.6 Å². The summed E-state index contributed by atoms with van der Waals surface area (Å²) in [5.74, 6) is 0.461. The molecule has 0 aliphatic carbocycles. The van der Waals surface area contributed by atoms with E-state index in [0.29, 0.717) is 25.5 Å². The Morgan fingerprint density at radius 1 is 1.22 bits per heavy atom. The summed E-state index contributed by atoms with van der Waals surface area (Å²) in [6, 6.07) is 7.12. The summed E-state index contributed by atoms with van der Waals surface area (Å²) in [4.78, 5) is 4.38. The first kappa shape index (κ1) is 21.6. The first-order valence-electron chi connectivity index (χ1n) is 8.81. The number of aliphatic imine (C=N–C) groups is 1. The molecule has 1 aliphatic heterocycles. The van der Waals surface area contributed by atoms with Gasteiger partial charge in [-0.15, -0.1) is 24.0 Å². The van der Waals surface area contributed by atoms with E-state index in [2.05, 4.69) is 15.6 Å². The van der Waals surface area contributed by atoms with Crippen LogP contribution in [0.3, 0.4) is 0 Å². The van der Waals surface area contributed by atoms with Crippen LogP contribution in [0.25, 0.3) is 0 Å². The van der Waals surface area contributed by atoms with Gasteiger partial charge in [-0.2, -0.15) is 0 Å². The molecule has 1 fully saturated rings. The standard InChI is InChI=1S/C19H23F2N3O2.HI/c20-15-5-6-18(21)14(11-15)12-23-19(24-13-17-4-2-10-26-17)22-8-7-16-3-1-9-25-16;/h1,3,5-6,9,11,17H,2,4,7-8,10,12-13H2,(H2,22,23,24);1H. The van der Waals surface area contributed by atoms with E-state index in [4.69, 9.17) is 9.15 Å². The van der Waals surface area contributed by atoms with Crippen molar-refractivity contribution in [1.29, 1.82) is 0 Å². The summed E-state index contributed by atoms with van der Waals surface area (Å²) in [7, 11) is 0. The predicted molar refractivity (Wildman–Crippen MR) is 110 cm³/mol. The van der Waals surface area contributed by atoms with Gasteiger partial charge in [0, 0.05) is 31.7 Å². The molecule has 0 spiro atoms. The minimum absolute atomic E-state index is 0. The zero-order valence-corrected chi connectivity index (χ0v) is 17.2. The maximum atomic E-state index is 13.8. The Kier molecular flexibility index (Phi) is 8.99. The van der Waals surface area contributed by atoms with E-state index in [9.17, 15) is 8.78 Å². The molecular formula is C19H24F2IN3O2. The number of nitrogens with one attached hydrogen (secondary N) is 2. The normalized spacial score (nSPS) is 16.8. The molecule has 2 N–H and O–H groups in total. The highest BCUT2D eigenvalue weighted by Gasteiger charge is 2.15. The van der Waals surface area contributed by atoms with Crippen LogP contribution in [-0.2, 0) is 17.7 Å². The highest BCUT2D eigenvalue weighted by molar-refractivity contribution is 14.0. The third-order valence-corrected chi connectivity index (χ3v) is 4.18. The second kappa shape index (κ2) is 11.2. The number of halogens is 3. The van der Waals surface area contributed by atoms with Crippen LogP contribution >= 0.6 is 24.0 Å². The average molecular weight is 491 g/mol. The summed E-state index contributed by atoms with van der Waals surface area (Å²) in [5, 5.41) is 6.41. The SMILES string of the molecule is Fc1ccc(F)c(CN=C(NCCc2ccco2)NCC2CCCO2)c1.I. The number of hydrogen-bond acceptors (Lipinski definition) is 3. The van der Waals surface area contributed by atoms with Gasteiger partial charge in [-0.25, -0.2) is 13.8 Å². The van der Waals surface area contributed by atoms with Crippen LogP contribution < -0.4 is 10.6 Å². The van der Waals surface area contributed by atoms with Crippen molar-refractivity contribution in [2.24, 2.45) is 4.99 Å². The van der Waals surface area contributed by atoms with E-state index in [-0.39, 0.29) is 42.2 Å². The zero-order valence-electron chi connectivity index (χ0n) is 14.9. The molecular weight excluding hydrogens is 467 g/mol. The molecule has 2 heterocycles. The van der Waals surface area contributed by atoms with Crippen LogP contribution in [0, 0.1) is 11.6 Å². The summed E-state index contributed by atoms with van der Waals surface area (Å²) >= 11 is 0. The lowest BCUT2D eigenvalue weighted by Gasteiger charge is -2.15. The third kappa shape index (κ3) is 7.10. The Balaban J connectivity index is 0.00000261. The zero-order chi connectivity index (χ0) is 18.2. The molecule has 1 aromatic heterocycles. The minimum atomic E-state index is -0.476. The molecule has 0 amide bonds. The summed E-state index contributed by atoms with van der Waals surface area (Å²) < 4.78 is 38.0. The molecule has 1 atom stereocenters. The van der Waals surface area contributed by atoms with Gasteiger partial charge in [-0.3, -0.25) is 0 Å². The molecule has 8 heteroatoms. The van der Waals surface area contributed by atoms with Gasteiger partial charge in [0.25, 0.3) is 0 Å². The lowest BCUT2D eigenvalue weighted by atomic mass is 10.2. The van der Waals surface area contributed by atoms with Crippen LogP contribution in [-0.4, -0.2) is 31.8 Å². The fourth-order valence-corrected chi connectivity index (χ4v) is 2.78. The fraction of sp³-hybridized carbons (Fsp3) is 0.421. The fourth-order valence-electron chi connectivity index (χ4n) is 2.78. The van der Waals surface area contributed by atoms with Crippen LogP contribution in [0.4, 0.5) is 8.78 Å². The maximum Gasteiger partial charge on any atom is 0.191 e. The largest absolute Gasteiger partial charge is 0.469 e. The highest BCUT2D eigenvalue weighted by atomic mass is 127. The maximum absolute atomic E-state index is 13.8. The Morgan fingerprint density at radius 3 is 2.85 bits per heavy atom. The van der Waals surface area contributed by atoms with E-state index < -0.39 is 11.6 Å². The third-order valence-electron chi connectivity index (χ3n) is 4.18. The number of ether oxygens (including phenoxy) is 1.